The van der Waals surface area contributed by atoms with E-state index in [9.17, 15) is 0 Å². The third-order valence-electron chi connectivity index (χ3n) is 8.99. The van der Waals surface area contributed by atoms with E-state index in [0.717, 1.165) is 17.1 Å². The molecular weight excluding hydrogens is 529 g/mol. The summed E-state index contributed by atoms with van der Waals surface area (Å²) in [5.41, 5.74) is 12.2. The smallest absolute Gasteiger partial charge is 0.133 e. The largest absolute Gasteiger partial charge is 0.339 e. The van der Waals surface area contributed by atoms with E-state index in [2.05, 4.69) is 151 Å². The first kappa shape index (κ1) is 23.8. The number of hydrogen-bond donors (Lipinski definition) is 1. The van der Waals surface area contributed by atoms with Crippen molar-refractivity contribution in [1.29, 1.82) is 0 Å². The van der Waals surface area contributed by atoms with Gasteiger partial charge in [0.25, 0.3) is 0 Å². The normalized spacial score (nSPS) is 18.4. The number of hydrogen-bond acceptors (Lipinski definition) is 3. The van der Waals surface area contributed by atoms with Crippen LogP contribution in [0.2, 0.25) is 0 Å². The van der Waals surface area contributed by atoms with E-state index in [4.69, 9.17) is 4.99 Å². The molecule has 1 atom stereocenters. The van der Waals surface area contributed by atoms with Gasteiger partial charge in [-0.15, -0.1) is 0 Å². The first-order valence-electron chi connectivity index (χ1n) is 14.4. The van der Waals surface area contributed by atoms with E-state index in [1.165, 1.54) is 54.3 Å². The lowest BCUT2D eigenvalue weighted by atomic mass is 9.67. The van der Waals surface area contributed by atoms with Crippen LogP contribution in [-0.4, -0.2) is 11.9 Å². The Morgan fingerprint density at radius 1 is 0.595 bits per heavy atom. The zero-order valence-corrected chi connectivity index (χ0v) is 23.6. The standard InChI is InChI=1S/C39H26N2S/c1-2-13-25(14-3-1)38-40-33-22-9-5-16-27(33)37(41-38)28-17-12-21-32-36(28)26-15-4-6-18-29(26)39(32)30-19-7-10-23-34(30)42-35-24-11-8-20-31(35)39/h1-24,33H,(H,40,41). The first-order valence-corrected chi connectivity index (χ1v) is 15.3. The monoisotopic (exact) mass is 554 g/mol. The maximum Gasteiger partial charge on any atom is 0.133 e. The van der Waals surface area contributed by atoms with Crippen LogP contribution in [0.1, 0.15) is 33.4 Å². The molecule has 0 saturated carbocycles. The van der Waals surface area contributed by atoms with Crippen molar-refractivity contribution in [3.05, 3.63) is 185 Å². The molecule has 3 heteroatoms. The Morgan fingerprint density at radius 3 is 2.02 bits per heavy atom. The molecule has 5 aromatic carbocycles. The van der Waals surface area contributed by atoms with E-state index in [1.54, 1.807) is 0 Å². The molecule has 2 aliphatic carbocycles. The van der Waals surface area contributed by atoms with Gasteiger partial charge >= 0.3 is 0 Å². The van der Waals surface area contributed by atoms with Crippen LogP contribution in [-0.2, 0) is 5.41 Å². The van der Waals surface area contributed by atoms with E-state index in [0.29, 0.717) is 0 Å². The van der Waals surface area contributed by atoms with Crippen LogP contribution in [0.3, 0.4) is 0 Å². The maximum absolute atomic E-state index is 5.14. The Morgan fingerprint density at radius 2 is 1.24 bits per heavy atom. The summed E-state index contributed by atoms with van der Waals surface area (Å²) in [5, 5.41) is 3.82. The highest BCUT2D eigenvalue weighted by Crippen LogP contribution is 2.63. The number of fused-ring (bicyclic) bond motifs is 10. The third-order valence-corrected chi connectivity index (χ3v) is 10.1. The second kappa shape index (κ2) is 9.07. The Kier molecular flexibility index (Phi) is 5.14. The minimum atomic E-state index is -0.391. The predicted molar refractivity (Wildman–Crippen MR) is 173 cm³/mol. The minimum absolute atomic E-state index is 0.0320. The number of nitrogens with one attached hydrogen (secondary N) is 1. The Bertz CT molecular complexity index is 2000. The molecule has 0 amide bonds. The molecule has 9 rings (SSSR count). The zero-order chi connectivity index (χ0) is 27.7. The van der Waals surface area contributed by atoms with Crippen LogP contribution in [0.5, 0.6) is 0 Å². The van der Waals surface area contributed by atoms with E-state index in [-0.39, 0.29) is 6.04 Å². The van der Waals surface area contributed by atoms with Gasteiger partial charge in [-0.1, -0.05) is 145 Å². The molecule has 0 fully saturated rings. The van der Waals surface area contributed by atoms with Crippen LogP contribution in [0.15, 0.2) is 166 Å². The summed E-state index contributed by atoms with van der Waals surface area (Å²) in [7, 11) is 0. The second-order valence-electron chi connectivity index (χ2n) is 11.1. The molecule has 5 aromatic rings. The molecule has 2 heterocycles. The topological polar surface area (TPSA) is 24.4 Å². The highest BCUT2D eigenvalue weighted by molar-refractivity contribution is 7.99. The minimum Gasteiger partial charge on any atom is -0.339 e. The van der Waals surface area contributed by atoms with Crippen molar-refractivity contribution in [2.24, 2.45) is 4.99 Å². The van der Waals surface area contributed by atoms with Crippen molar-refractivity contribution in [2.45, 2.75) is 21.2 Å². The van der Waals surface area contributed by atoms with Gasteiger partial charge in [0.15, 0.2) is 0 Å². The fourth-order valence-electron chi connectivity index (χ4n) is 7.31. The predicted octanol–water partition coefficient (Wildman–Crippen LogP) is 8.77. The van der Waals surface area contributed by atoms with Gasteiger partial charge in [-0.2, -0.15) is 0 Å². The van der Waals surface area contributed by atoms with Crippen LogP contribution >= 0.6 is 11.8 Å². The fraction of sp³-hybridized carbons (Fsp3) is 0.0513. The molecule has 42 heavy (non-hydrogen) atoms. The number of allylic oxidation sites excluding steroid dienone is 2. The average molecular weight is 555 g/mol. The number of benzene rings is 5. The number of amidine groups is 1. The summed E-state index contributed by atoms with van der Waals surface area (Å²) in [6, 6.07) is 44.3. The average Bonchev–Trinajstić information content (AvgIpc) is 3.36. The third kappa shape index (κ3) is 3.20. The van der Waals surface area contributed by atoms with Gasteiger partial charge in [-0.05, 0) is 45.5 Å². The van der Waals surface area contributed by atoms with E-state index in [1.807, 2.05) is 11.8 Å². The second-order valence-corrected chi connectivity index (χ2v) is 12.2. The quantitative estimate of drug-likeness (QED) is 0.231. The van der Waals surface area contributed by atoms with E-state index >= 15 is 0 Å². The van der Waals surface area contributed by atoms with Gasteiger partial charge in [0.05, 0.1) is 17.2 Å². The van der Waals surface area contributed by atoms with Gasteiger partial charge in [0.1, 0.15) is 5.84 Å². The molecular formula is C39H26N2S. The van der Waals surface area contributed by atoms with Crippen molar-refractivity contribution in [3.63, 3.8) is 0 Å². The summed E-state index contributed by atoms with van der Waals surface area (Å²) >= 11 is 1.88. The van der Waals surface area contributed by atoms with Gasteiger partial charge in [-0.25, -0.2) is 0 Å². The highest BCUT2D eigenvalue weighted by atomic mass is 32.2. The maximum atomic E-state index is 5.14. The summed E-state index contributed by atoms with van der Waals surface area (Å²) in [6.45, 7) is 0. The molecule has 4 aliphatic rings. The molecule has 2 nitrogen and oxygen atoms in total. The molecule has 1 spiro atoms. The van der Waals surface area contributed by atoms with E-state index < -0.39 is 5.41 Å². The van der Waals surface area contributed by atoms with Crippen molar-refractivity contribution < 1.29 is 0 Å². The van der Waals surface area contributed by atoms with Crippen molar-refractivity contribution in [1.82, 2.24) is 5.32 Å². The lowest BCUT2D eigenvalue weighted by Crippen LogP contribution is -2.33. The zero-order valence-electron chi connectivity index (χ0n) is 22.8. The Hall–Kier alpha value is -4.86. The Balaban J connectivity index is 1.35. The number of nitrogens with zero attached hydrogens (tertiary/aromatic N) is 1. The van der Waals surface area contributed by atoms with Gasteiger partial charge < -0.3 is 5.32 Å². The molecule has 198 valence electrons. The number of rotatable bonds is 2. The molecule has 0 saturated heterocycles. The fourth-order valence-corrected chi connectivity index (χ4v) is 8.51. The van der Waals surface area contributed by atoms with Gasteiger partial charge in [0.2, 0.25) is 0 Å². The van der Waals surface area contributed by atoms with Crippen molar-refractivity contribution in [2.75, 3.05) is 0 Å². The van der Waals surface area contributed by atoms with Crippen LogP contribution in [0, 0.1) is 0 Å². The summed E-state index contributed by atoms with van der Waals surface area (Å²) in [4.78, 5) is 7.78. The molecule has 0 bridgehead atoms. The lowest BCUT2D eigenvalue weighted by Gasteiger charge is -2.39. The van der Waals surface area contributed by atoms with Gasteiger partial charge in [0, 0.05) is 26.5 Å². The summed E-state index contributed by atoms with van der Waals surface area (Å²) < 4.78 is 0. The van der Waals surface area contributed by atoms with Crippen molar-refractivity contribution >= 4 is 23.3 Å². The molecule has 1 unspecified atom stereocenters. The van der Waals surface area contributed by atoms with Gasteiger partial charge in [-0.3, -0.25) is 4.99 Å². The number of aliphatic imine (C=N–C) groups is 1. The van der Waals surface area contributed by atoms with Crippen LogP contribution in [0.25, 0.3) is 16.8 Å². The summed E-state index contributed by atoms with van der Waals surface area (Å²) in [6.07, 6.45) is 8.65. The first-order chi connectivity index (χ1) is 20.8. The summed E-state index contributed by atoms with van der Waals surface area (Å²) in [5.74, 6) is 0.905. The molecule has 0 aromatic heterocycles. The highest BCUT2D eigenvalue weighted by Gasteiger charge is 2.50. The van der Waals surface area contributed by atoms with Crippen LogP contribution < -0.4 is 5.32 Å². The van der Waals surface area contributed by atoms with Crippen LogP contribution in [0.4, 0.5) is 0 Å². The molecule has 2 aliphatic heterocycles. The molecule has 1 N–H and O–H groups in total. The molecule has 0 radical (unpaired) electrons. The Labute approximate surface area is 249 Å². The van der Waals surface area contributed by atoms with Crippen molar-refractivity contribution in [3.8, 4) is 11.1 Å². The lowest BCUT2D eigenvalue weighted by molar-refractivity contribution is 0.722. The SMILES string of the molecule is C1=CC2=C(c3cccc4c3-c3ccccc3C43c4ccccc4Sc4ccccc43)NC(c3ccccc3)=NC2C=C1.